The highest BCUT2D eigenvalue weighted by molar-refractivity contribution is 7.90. The summed E-state index contributed by atoms with van der Waals surface area (Å²) in [6.45, 7) is 0. The number of fused-ring (bicyclic) bond motifs is 1. The zero-order chi connectivity index (χ0) is 15.0. The monoisotopic (exact) mass is 301 g/mol. The lowest BCUT2D eigenvalue weighted by atomic mass is 10.1. The van der Waals surface area contributed by atoms with Crippen molar-refractivity contribution < 1.29 is 8.42 Å². The van der Waals surface area contributed by atoms with E-state index in [1.165, 1.54) is 6.26 Å². The third kappa shape index (κ3) is 2.75. The molecule has 3 rings (SSSR count). The van der Waals surface area contributed by atoms with Crippen LogP contribution in [0, 0.1) is 0 Å². The third-order valence-corrected chi connectivity index (χ3v) is 4.45. The van der Waals surface area contributed by atoms with Crippen LogP contribution in [0.2, 0.25) is 0 Å². The quantitative estimate of drug-likeness (QED) is 0.725. The highest BCUT2D eigenvalue weighted by atomic mass is 32.2. The van der Waals surface area contributed by atoms with E-state index in [1.54, 1.807) is 18.2 Å². The van der Waals surface area contributed by atoms with Crippen LogP contribution >= 0.6 is 0 Å². The topological polar surface area (TPSA) is 88.8 Å². The van der Waals surface area contributed by atoms with E-state index in [0.717, 1.165) is 22.6 Å². The summed E-state index contributed by atoms with van der Waals surface area (Å²) < 4.78 is 23.1. The molecule has 0 aliphatic heterocycles. The average Bonchev–Trinajstić information content (AvgIpc) is 2.81. The number of rotatable bonds is 3. The number of benzene rings is 2. The van der Waals surface area contributed by atoms with Crippen molar-refractivity contribution in [2.75, 3.05) is 12.0 Å². The molecule has 21 heavy (non-hydrogen) atoms. The molecule has 0 saturated carbocycles. The van der Waals surface area contributed by atoms with Crippen LogP contribution in [0.5, 0.6) is 0 Å². The minimum absolute atomic E-state index is 0.282. The van der Waals surface area contributed by atoms with Gasteiger partial charge in [0, 0.05) is 18.4 Å². The fourth-order valence-corrected chi connectivity index (χ4v) is 2.88. The average molecular weight is 301 g/mol. The van der Waals surface area contributed by atoms with E-state index in [0.29, 0.717) is 11.9 Å². The first-order valence-corrected chi connectivity index (χ1v) is 8.35. The molecule has 0 radical (unpaired) electrons. The van der Waals surface area contributed by atoms with Gasteiger partial charge in [-0.3, -0.25) is 0 Å². The van der Waals surface area contributed by atoms with Crippen molar-refractivity contribution in [3.8, 4) is 0 Å². The fraction of sp³-hybridized carbons (Fsp3) is 0.133. The molecule has 0 unspecified atom stereocenters. The van der Waals surface area contributed by atoms with Crippen LogP contribution < -0.4 is 5.73 Å². The maximum Gasteiger partial charge on any atom is 0.175 e. The van der Waals surface area contributed by atoms with Gasteiger partial charge in [-0.25, -0.2) is 13.4 Å². The normalized spacial score (nSPS) is 11.9. The Hall–Kier alpha value is -2.34. The smallest absolute Gasteiger partial charge is 0.175 e. The fourth-order valence-electron chi connectivity index (χ4n) is 2.23. The van der Waals surface area contributed by atoms with Crippen molar-refractivity contribution in [1.82, 2.24) is 9.97 Å². The molecule has 0 spiro atoms. The van der Waals surface area contributed by atoms with Gasteiger partial charge in [0.05, 0.1) is 15.9 Å². The second-order valence-corrected chi connectivity index (χ2v) is 7.03. The minimum Gasteiger partial charge on any atom is -0.398 e. The molecular weight excluding hydrogens is 286 g/mol. The number of aromatic nitrogens is 2. The summed E-state index contributed by atoms with van der Waals surface area (Å²) in [6.07, 6.45) is 1.77. The highest BCUT2D eigenvalue weighted by Crippen LogP contribution is 2.20. The Balaban J connectivity index is 2.00. The molecule has 6 heteroatoms. The first kappa shape index (κ1) is 13.6. The number of hydrogen-bond donors (Lipinski definition) is 2. The van der Waals surface area contributed by atoms with Gasteiger partial charge in [0.15, 0.2) is 9.84 Å². The Kier molecular flexibility index (Phi) is 3.17. The Labute approximate surface area is 122 Å². The molecule has 0 saturated heterocycles. The maximum atomic E-state index is 11.6. The lowest BCUT2D eigenvalue weighted by molar-refractivity contribution is 0.602. The van der Waals surface area contributed by atoms with Gasteiger partial charge in [-0.1, -0.05) is 18.2 Å². The number of imidazole rings is 1. The molecule has 108 valence electrons. The number of sulfone groups is 1. The molecule has 0 bridgehead atoms. The molecule has 0 amide bonds. The van der Waals surface area contributed by atoms with Gasteiger partial charge >= 0.3 is 0 Å². The van der Waals surface area contributed by atoms with Gasteiger partial charge in [-0.05, 0) is 29.8 Å². The number of anilines is 1. The van der Waals surface area contributed by atoms with Crippen LogP contribution in [0.3, 0.4) is 0 Å². The molecule has 0 aliphatic carbocycles. The lowest BCUT2D eigenvalue weighted by Gasteiger charge is -2.02. The molecule has 3 aromatic rings. The zero-order valence-electron chi connectivity index (χ0n) is 11.5. The Morgan fingerprint density at radius 1 is 1.19 bits per heavy atom. The number of hydrogen-bond acceptors (Lipinski definition) is 4. The van der Waals surface area contributed by atoms with E-state index in [-0.39, 0.29) is 4.90 Å². The largest absolute Gasteiger partial charge is 0.398 e. The van der Waals surface area contributed by atoms with Crippen molar-refractivity contribution in [2.45, 2.75) is 11.3 Å². The summed E-state index contributed by atoms with van der Waals surface area (Å²) in [6, 6.07) is 12.5. The van der Waals surface area contributed by atoms with Crippen molar-refractivity contribution in [3.05, 3.63) is 53.9 Å². The SMILES string of the molecule is CS(=O)(=O)c1ccc2nc(Cc3ccccc3N)[nH]c2c1. The molecule has 0 aliphatic rings. The van der Waals surface area contributed by atoms with Crippen molar-refractivity contribution >= 4 is 26.6 Å². The number of nitrogens with one attached hydrogen (secondary N) is 1. The van der Waals surface area contributed by atoms with Crippen LogP contribution in [0.25, 0.3) is 11.0 Å². The number of H-pyrrole nitrogens is 1. The number of aromatic amines is 1. The Morgan fingerprint density at radius 2 is 1.95 bits per heavy atom. The van der Waals surface area contributed by atoms with E-state index in [9.17, 15) is 8.42 Å². The predicted octanol–water partition coefficient (Wildman–Crippen LogP) is 2.14. The first-order valence-electron chi connectivity index (χ1n) is 6.45. The van der Waals surface area contributed by atoms with Crippen LogP contribution in [0.1, 0.15) is 11.4 Å². The standard InChI is InChI=1S/C15H15N3O2S/c1-21(19,20)11-6-7-13-14(9-11)18-15(17-13)8-10-4-2-3-5-12(10)16/h2-7,9H,8,16H2,1H3,(H,17,18). The van der Waals surface area contributed by atoms with Gasteiger partial charge in [-0.2, -0.15) is 0 Å². The van der Waals surface area contributed by atoms with Gasteiger partial charge in [-0.15, -0.1) is 0 Å². The Morgan fingerprint density at radius 3 is 2.67 bits per heavy atom. The van der Waals surface area contributed by atoms with E-state index < -0.39 is 9.84 Å². The summed E-state index contributed by atoms with van der Waals surface area (Å²) in [5.41, 5.74) is 9.08. The summed E-state index contributed by atoms with van der Waals surface area (Å²) in [5, 5.41) is 0. The van der Waals surface area contributed by atoms with Crippen LogP contribution in [-0.2, 0) is 16.3 Å². The van der Waals surface area contributed by atoms with Crippen molar-refractivity contribution in [3.63, 3.8) is 0 Å². The van der Waals surface area contributed by atoms with Crippen LogP contribution in [-0.4, -0.2) is 24.6 Å². The summed E-state index contributed by atoms with van der Waals surface area (Å²) >= 11 is 0. The van der Waals surface area contributed by atoms with Gasteiger partial charge in [0.25, 0.3) is 0 Å². The van der Waals surface area contributed by atoms with Gasteiger partial charge < -0.3 is 10.7 Å². The van der Waals surface area contributed by atoms with Crippen LogP contribution in [0.15, 0.2) is 47.4 Å². The second kappa shape index (κ2) is 4.89. The zero-order valence-corrected chi connectivity index (χ0v) is 12.3. The van der Waals surface area contributed by atoms with E-state index in [1.807, 2.05) is 24.3 Å². The van der Waals surface area contributed by atoms with E-state index >= 15 is 0 Å². The maximum absolute atomic E-state index is 11.6. The molecule has 1 aromatic heterocycles. The van der Waals surface area contributed by atoms with Crippen molar-refractivity contribution in [2.24, 2.45) is 0 Å². The number of para-hydroxylation sites is 1. The number of nitrogens with zero attached hydrogens (tertiary/aromatic N) is 1. The predicted molar refractivity (Wildman–Crippen MR) is 82.9 cm³/mol. The Bertz CT molecular complexity index is 914. The lowest BCUT2D eigenvalue weighted by Crippen LogP contribution is -1.96. The summed E-state index contributed by atoms with van der Waals surface area (Å²) in [7, 11) is -3.22. The molecule has 2 aromatic carbocycles. The van der Waals surface area contributed by atoms with E-state index in [4.69, 9.17) is 5.73 Å². The number of nitrogens with two attached hydrogens (primary N) is 1. The third-order valence-electron chi connectivity index (χ3n) is 3.34. The second-order valence-electron chi connectivity index (χ2n) is 5.01. The number of nitrogen functional groups attached to an aromatic ring is 1. The molecule has 0 fully saturated rings. The molecule has 5 nitrogen and oxygen atoms in total. The van der Waals surface area contributed by atoms with Crippen LogP contribution in [0.4, 0.5) is 5.69 Å². The van der Waals surface area contributed by atoms with Gasteiger partial charge in [0.1, 0.15) is 5.82 Å². The first-order chi connectivity index (χ1) is 9.93. The highest BCUT2D eigenvalue weighted by Gasteiger charge is 2.11. The molecular formula is C15H15N3O2S. The van der Waals surface area contributed by atoms with Crippen molar-refractivity contribution in [1.29, 1.82) is 0 Å². The molecule has 3 N–H and O–H groups in total. The molecule has 1 heterocycles. The minimum atomic E-state index is -3.22. The summed E-state index contributed by atoms with van der Waals surface area (Å²) in [5.74, 6) is 0.758. The summed E-state index contributed by atoms with van der Waals surface area (Å²) in [4.78, 5) is 7.90. The molecule has 0 atom stereocenters. The van der Waals surface area contributed by atoms with E-state index in [2.05, 4.69) is 9.97 Å². The van der Waals surface area contributed by atoms with Gasteiger partial charge in [0.2, 0.25) is 0 Å².